The maximum absolute atomic E-state index is 12.2. The number of benzene rings is 5. The van der Waals surface area contributed by atoms with Gasteiger partial charge >= 0.3 is 25.4 Å². The van der Waals surface area contributed by atoms with Crippen LogP contribution in [-0.2, 0) is 32.3 Å². The number of ether oxygens (including phenoxy) is 2. The fraction of sp³-hybridized carbons (Fsp3) is 0.361. The molecule has 93 heavy (non-hydrogen) atoms. The Hall–Kier alpha value is -8.25. The van der Waals surface area contributed by atoms with Gasteiger partial charge < -0.3 is 29.4 Å². The topological polar surface area (TPSA) is 113 Å². The van der Waals surface area contributed by atoms with Crippen molar-refractivity contribution in [2.75, 3.05) is 18.1 Å². The van der Waals surface area contributed by atoms with Gasteiger partial charge in [0, 0.05) is 33.6 Å². The number of anilines is 3. The van der Waals surface area contributed by atoms with Crippen molar-refractivity contribution in [3.05, 3.63) is 195 Å². The zero-order valence-electron chi connectivity index (χ0n) is 56.1. The largest absolute Gasteiger partial charge is 2.00 e. The van der Waals surface area contributed by atoms with Crippen LogP contribution in [0.15, 0.2) is 133 Å². The van der Waals surface area contributed by atoms with E-state index in [1.807, 2.05) is 18.2 Å². The van der Waals surface area contributed by atoms with E-state index in [1.165, 1.54) is 101 Å². The molecule has 0 aliphatic carbocycles. The monoisotopic (exact) mass is 1290 g/mol. The Morgan fingerprint density at radius 3 is 1.40 bits per heavy atom. The van der Waals surface area contributed by atoms with Crippen molar-refractivity contribution in [2.24, 2.45) is 0 Å². The maximum atomic E-state index is 12.2. The number of carbonyl (C=O) groups is 1. The average molecular weight is 1290 g/mol. The van der Waals surface area contributed by atoms with E-state index in [4.69, 9.17) is 29.4 Å². The molecule has 0 fully saturated rings. The van der Waals surface area contributed by atoms with Crippen LogP contribution in [0.25, 0.3) is 68.6 Å². The minimum absolute atomic E-state index is 0. The summed E-state index contributed by atoms with van der Waals surface area (Å²) in [5, 5.41) is 10.0. The number of hydrogen-bond acceptors (Lipinski definition) is 6. The third-order valence-corrected chi connectivity index (χ3v) is 17.8. The van der Waals surface area contributed by atoms with Crippen LogP contribution in [0.1, 0.15) is 223 Å². The van der Waals surface area contributed by atoms with Gasteiger partial charge in [0.25, 0.3) is 0 Å². The zero-order chi connectivity index (χ0) is 64.0. The van der Waals surface area contributed by atoms with Crippen molar-refractivity contribution in [3.63, 3.8) is 0 Å². The number of aryl methyl sites for hydroxylation is 4. The quantitative estimate of drug-likeness (QED) is 0.0250. The molecule has 0 amide bonds. The van der Waals surface area contributed by atoms with Crippen molar-refractivity contribution in [3.8, 4) is 45.6 Å². The summed E-state index contributed by atoms with van der Waals surface area (Å²) in [6, 6.07) is 45.9. The Balaban J connectivity index is 0.0000102. The number of aromatic carboxylic acids is 1. The van der Waals surface area contributed by atoms with Crippen molar-refractivity contribution in [2.45, 2.75) is 183 Å². The van der Waals surface area contributed by atoms with E-state index in [-0.39, 0.29) is 25.0 Å². The standard InChI is InChI=1S/C83H94N5O4.Zn/c1-7-11-15-19-21-25-56-91-76-36-27-30-59(5)78(76)80-70-50-48-68(84-70)67(47-42-63-34-29-35-64(58-63)83(89)90)69-49-51-71(85-69)81(79-60(6)31-28-37-77(79)92-57-26-22-20-16-12-8-2)73-53-55-75(87-73)82(74-54-52-72(80)86-74)88(65-43-38-61(39-44-65)32-23-17-13-9-3)66-45-40-62(41-46-66)33-24-18-14-10-4;/h27-31,34-41,43-46,48-55,58H,7-26,32-33,56-57H2,1-6H3,(H2-,84,85,86,87,89,90);/q-1;+2/p-1. The fourth-order valence-electron chi connectivity index (χ4n) is 12.6. The van der Waals surface area contributed by atoms with E-state index in [2.05, 4.69) is 180 Å². The van der Waals surface area contributed by atoms with Gasteiger partial charge in [0.1, 0.15) is 11.5 Å². The summed E-state index contributed by atoms with van der Waals surface area (Å²) in [6.07, 6.45) is 33.9. The van der Waals surface area contributed by atoms with Gasteiger partial charge in [-0.2, -0.15) is 0 Å². The first-order chi connectivity index (χ1) is 45.2. The number of hydrogen-bond donors (Lipinski definition) is 1. The molecule has 0 atom stereocenters. The molecule has 0 saturated heterocycles. The third kappa shape index (κ3) is 17.9. The maximum Gasteiger partial charge on any atom is 2.00 e. The van der Waals surface area contributed by atoms with E-state index in [1.54, 1.807) is 18.2 Å². The summed E-state index contributed by atoms with van der Waals surface area (Å²) < 4.78 is 13.7. The molecule has 8 aromatic rings. The zero-order valence-corrected chi connectivity index (χ0v) is 59.1. The van der Waals surface area contributed by atoms with E-state index in [0.29, 0.717) is 46.8 Å². The smallest absolute Gasteiger partial charge is 0.656 e. The summed E-state index contributed by atoms with van der Waals surface area (Å²) in [6.45, 7) is 14.5. The van der Waals surface area contributed by atoms with Crippen LogP contribution >= 0.6 is 0 Å². The van der Waals surface area contributed by atoms with Gasteiger partial charge in [-0.3, -0.25) is 0 Å². The summed E-state index contributed by atoms with van der Waals surface area (Å²) in [5.74, 6) is 7.34. The van der Waals surface area contributed by atoms with Crippen molar-refractivity contribution in [1.82, 2.24) is 19.9 Å². The van der Waals surface area contributed by atoms with Crippen LogP contribution in [0, 0.1) is 25.7 Å². The normalized spacial score (nSPS) is 11.5. The number of rotatable bonds is 32. The molecule has 2 aliphatic rings. The first-order valence-corrected chi connectivity index (χ1v) is 34.5. The van der Waals surface area contributed by atoms with Crippen molar-refractivity contribution in [1.29, 1.82) is 0 Å². The molecule has 9 nitrogen and oxygen atoms in total. The summed E-state index contributed by atoms with van der Waals surface area (Å²) in [7, 11) is 0. The Kier molecular flexibility index (Phi) is 26.1. The molecule has 476 valence electrons. The number of carboxylic acid groups (broad SMARTS) is 1. The van der Waals surface area contributed by atoms with E-state index < -0.39 is 5.97 Å². The molecule has 0 radical (unpaired) electrons. The first kappa shape index (κ1) is 69.1. The average Bonchev–Trinajstić information content (AvgIpc) is 1.65. The number of carboxylic acids is 1. The molecule has 10 rings (SSSR count). The second kappa shape index (κ2) is 35.1. The van der Waals surface area contributed by atoms with Gasteiger partial charge in [0.15, 0.2) is 0 Å². The molecule has 3 aromatic heterocycles. The van der Waals surface area contributed by atoms with Gasteiger partial charge in [-0.05, 0) is 165 Å². The molecule has 5 heterocycles. The molecule has 1 N–H and O–H groups in total. The molecule has 2 aliphatic heterocycles. The van der Waals surface area contributed by atoms with Crippen molar-refractivity contribution < 1.29 is 38.9 Å². The Labute approximate surface area is 566 Å². The Morgan fingerprint density at radius 2 is 0.882 bits per heavy atom. The molecular weight excluding hydrogens is 1200 g/mol. The predicted molar refractivity (Wildman–Crippen MR) is 385 cm³/mol. The van der Waals surface area contributed by atoms with Gasteiger partial charge in [-0.25, -0.2) is 14.8 Å². The van der Waals surface area contributed by atoms with Crippen LogP contribution < -0.4 is 24.3 Å². The Bertz CT molecular complexity index is 3960. The molecule has 0 saturated carbocycles. The summed E-state index contributed by atoms with van der Waals surface area (Å²) >= 11 is 0. The predicted octanol–water partition coefficient (Wildman–Crippen LogP) is 22.2. The molecular formula is C83H93N5O4Zn. The van der Waals surface area contributed by atoms with E-state index >= 15 is 0 Å². The van der Waals surface area contributed by atoms with Crippen LogP contribution in [0.5, 0.6) is 11.5 Å². The van der Waals surface area contributed by atoms with Gasteiger partial charge in [-0.1, -0.05) is 221 Å². The van der Waals surface area contributed by atoms with Gasteiger partial charge in [0.05, 0.1) is 47.2 Å². The van der Waals surface area contributed by atoms with Crippen LogP contribution in [0.2, 0.25) is 0 Å². The second-order valence-electron chi connectivity index (χ2n) is 24.9. The van der Waals surface area contributed by atoms with Gasteiger partial charge in [0.2, 0.25) is 0 Å². The van der Waals surface area contributed by atoms with E-state index in [9.17, 15) is 9.90 Å². The molecule has 10 heteroatoms. The SMILES string of the molecule is CCCCCCCCOc1cccc(C)c1-c1c2nc(c(N(c3ccc(CCCCCC)cc3)c3ccc(CCCCCC)cc3)c3ccc([n-]3)c(-c3c(C)cccc3OCCCCCCCC)c3nc(c(C#Cc4cccc(C(=O)O)c4)c4ccc1[n-]4)C=C3)C=C2.[Zn+2]. The van der Waals surface area contributed by atoms with Gasteiger partial charge in [-0.15, -0.1) is 22.1 Å². The minimum Gasteiger partial charge on any atom is -0.656 e. The van der Waals surface area contributed by atoms with Crippen LogP contribution in [0.3, 0.4) is 0 Å². The number of unbranched alkanes of at least 4 members (excludes halogenated alkanes) is 16. The van der Waals surface area contributed by atoms with Crippen LogP contribution in [-0.4, -0.2) is 34.3 Å². The van der Waals surface area contributed by atoms with Crippen molar-refractivity contribution >= 4 is 69.4 Å². The first-order valence-electron chi connectivity index (χ1n) is 34.5. The summed E-state index contributed by atoms with van der Waals surface area (Å²) in [4.78, 5) is 37.4. The van der Waals surface area contributed by atoms with Crippen LogP contribution in [0.4, 0.5) is 17.1 Å². The fourth-order valence-corrected chi connectivity index (χ4v) is 12.6. The molecule has 0 unspecified atom stereocenters. The minimum atomic E-state index is -1.02. The third-order valence-electron chi connectivity index (χ3n) is 17.8. The Morgan fingerprint density at radius 1 is 0.452 bits per heavy atom. The second-order valence-corrected chi connectivity index (χ2v) is 24.9. The number of nitrogens with zero attached hydrogens (tertiary/aromatic N) is 5. The molecule has 0 spiro atoms. The summed E-state index contributed by atoms with van der Waals surface area (Å²) in [5.41, 5.74) is 17.9. The van der Waals surface area contributed by atoms with E-state index in [0.717, 1.165) is 136 Å². The molecule has 5 aromatic carbocycles. The number of aromatic nitrogens is 4. The number of fused-ring (bicyclic) bond motifs is 8. The molecule has 8 bridgehead atoms.